The number of rotatable bonds is 3. The topological polar surface area (TPSA) is 29.0 Å². The lowest BCUT2D eigenvalue weighted by Crippen LogP contribution is -2.46. The molecule has 1 aliphatic heterocycles. The second-order valence-corrected chi connectivity index (χ2v) is 7.95. The van der Waals surface area contributed by atoms with Crippen LogP contribution in [0, 0.1) is 0 Å². The third-order valence-electron chi connectivity index (χ3n) is 5.05. The predicted octanol–water partition coefficient (Wildman–Crippen LogP) is 4.57. The van der Waals surface area contributed by atoms with Crippen LogP contribution < -0.4 is 4.57 Å². The van der Waals surface area contributed by atoms with Crippen LogP contribution in [-0.4, -0.2) is 21.5 Å². The predicted molar refractivity (Wildman–Crippen MR) is 114 cm³/mol. The van der Waals surface area contributed by atoms with Gasteiger partial charge in [0.1, 0.15) is 18.3 Å². The van der Waals surface area contributed by atoms with E-state index in [9.17, 15) is 5.11 Å². The zero-order valence-electron chi connectivity index (χ0n) is 15.4. The molecule has 1 atom stereocenters. The highest BCUT2D eigenvalue weighted by Crippen LogP contribution is 2.38. The van der Waals surface area contributed by atoms with Crippen LogP contribution in [0.4, 0.5) is 0 Å². The molecule has 4 aromatic rings. The van der Waals surface area contributed by atoms with Gasteiger partial charge in [0.15, 0.2) is 11.4 Å². The highest BCUT2D eigenvalue weighted by Gasteiger charge is 2.37. The van der Waals surface area contributed by atoms with E-state index in [4.69, 9.17) is 0 Å². The minimum absolute atomic E-state index is 0.347. The van der Waals surface area contributed by atoms with Crippen molar-refractivity contribution >= 4 is 11.8 Å². The van der Waals surface area contributed by atoms with Crippen LogP contribution in [0.5, 0.6) is 0 Å². The monoisotopic (exact) mass is 385 g/mol. The lowest BCUT2D eigenvalue weighted by Gasteiger charge is -2.15. The molecule has 2 heterocycles. The Morgan fingerprint density at radius 2 is 1.36 bits per heavy atom. The van der Waals surface area contributed by atoms with Crippen LogP contribution in [0.3, 0.4) is 0 Å². The molecule has 0 aliphatic carbocycles. The Bertz CT molecular complexity index is 1090. The minimum atomic E-state index is -0.347. The van der Waals surface area contributed by atoms with E-state index in [1.54, 1.807) is 11.8 Å². The molecule has 138 valence electrons. The van der Waals surface area contributed by atoms with E-state index in [1.165, 1.54) is 5.56 Å². The number of thioether (sulfide) groups is 1. The molecular weight excluding hydrogens is 364 g/mol. The van der Waals surface area contributed by atoms with E-state index in [2.05, 4.69) is 81.9 Å². The molecule has 3 nitrogen and oxygen atoms in total. The number of benzene rings is 3. The van der Waals surface area contributed by atoms with Crippen molar-refractivity contribution in [3.05, 3.63) is 91.0 Å². The Balaban J connectivity index is 1.89. The van der Waals surface area contributed by atoms with E-state index in [0.29, 0.717) is 12.3 Å². The van der Waals surface area contributed by atoms with Gasteiger partial charge in [-0.1, -0.05) is 78.9 Å². The maximum absolute atomic E-state index is 10.4. The van der Waals surface area contributed by atoms with E-state index in [1.807, 2.05) is 18.2 Å². The molecule has 0 spiro atoms. The number of aromatic nitrogens is 2. The minimum Gasteiger partial charge on any atom is -0.388 e. The Labute approximate surface area is 168 Å². The lowest BCUT2D eigenvalue weighted by atomic mass is 10.0. The summed E-state index contributed by atoms with van der Waals surface area (Å²) >= 11 is 1.72. The van der Waals surface area contributed by atoms with Gasteiger partial charge in [-0.3, -0.25) is 0 Å². The smallest absolute Gasteiger partial charge is 0.324 e. The van der Waals surface area contributed by atoms with Crippen molar-refractivity contribution < 1.29 is 9.67 Å². The van der Waals surface area contributed by atoms with Crippen molar-refractivity contribution in [3.63, 3.8) is 0 Å². The fraction of sp³-hybridized carbons (Fsp3) is 0.125. The van der Waals surface area contributed by atoms with Gasteiger partial charge in [-0.25, -0.2) is 4.57 Å². The third kappa shape index (κ3) is 2.95. The van der Waals surface area contributed by atoms with Gasteiger partial charge in [0.05, 0.1) is 0 Å². The number of fused-ring (bicyclic) bond motifs is 1. The van der Waals surface area contributed by atoms with Gasteiger partial charge in [0.2, 0.25) is 0 Å². The molecule has 4 heteroatoms. The maximum atomic E-state index is 10.4. The lowest BCUT2D eigenvalue weighted by molar-refractivity contribution is -0.730. The van der Waals surface area contributed by atoms with Crippen LogP contribution in [0.2, 0.25) is 0 Å². The van der Waals surface area contributed by atoms with E-state index < -0.39 is 0 Å². The number of nitrogens with zero attached hydrogens (tertiary/aromatic N) is 2. The molecule has 1 aromatic heterocycles. The summed E-state index contributed by atoms with van der Waals surface area (Å²) in [7, 11) is 0. The van der Waals surface area contributed by atoms with Gasteiger partial charge in [0.25, 0.3) is 0 Å². The Morgan fingerprint density at radius 1 is 0.786 bits per heavy atom. The summed E-state index contributed by atoms with van der Waals surface area (Å²) in [5.41, 5.74) is 5.77. The summed E-state index contributed by atoms with van der Waals surface area (Å²) in [6.07, 6.45) is -0.347. The van der Waals surface area contributed by atoms with Gasteiger partial charge in [-0.15, -0.1) is 0 Å². The van der Waals surface area contributed by atoms with Crippen molar-refractivity contribution in [1.82, 2.24) is 4.57 Å². The summed E-state index contributed by atoms with van der Waals surface area (Å²) in [4.78, 5) is 0. The number of hydrogen-bond acceptors (Lipinski definition) is 2. The maximum Gasteiger partial charge on any atom is 0.324 e. The first kappa shape index (κ1) is 17.3. The van der Waals surface area contributed by atoms with Crippen LogP contribution in [-0.2, 0) is 6.54 Å². The van der Waals surface area contributed by atoms with E-state index in [0.717, 1.165) is 27.8 Å². The zero-order chi connectivity index (χ0) is 18.9. The highest BCUT2D eigenvalue weighted by atomic mass is 32.2. The van der Waals surface area contributed by atoms with Crippen LogP contribution in [0.15, 0.2) is 96.2 Å². The number of aliphatic hydroxyl groups excluding tert-OH is 1. The van der Waals surface area contributed by atoms with Gasteiger partial charge in [-0.2, -0.15) is 4.57 Å². The van der Waals surface area contributed by atoms with Gasteiger partial charge in [-0.05, 0) is 23.9 Å². The quantitative estimate of drug-likeness (QED) is 0.524. The molecule has 0 radical (unpaired) electrons. The second-order valence-electron chi connectivity index (χ2n) is 6.96. The van der Waals surface area contributed by atoms with Crippen molar-refractivity contribution in [2.75, 3.05) is 5.75 Å². The highest BCUT2D eigenvalue weighted by molar-refractivity contribution is 7.99. The summed E-state index contributed by atoms with van der Waals surface area (Å²) in [6, 6.07) is 31.5. The van der Waals surface area contributed by atoms with Crippen LogP contribution >= 0.6 is 11.8 Å². The van der Waals surface area contributed by atoms with Crippen LogP contribution in [0.1, 0.15) is 0 Å². The molecule has 0 bridgehead atoms. The van der Waals surface area contributed by atoms with Gasteiger partial charge < -0.3 is 5.11 Å². The molecule has 0 saturated carbocycles. The van der Waals surface area contributed by atoms with Crippen molar-refractivity contribution in [3.8, 4) is 28.2 Å². The first-order valence-electron chi connectivity index (χ1n) is 9.48. The average molecular weight is 386 g/mol. The fourth-order valence-electron chi connectivity index (χ4n) is 3.86. The Morgan fingerprint density at radius 3 is 2.00 bits per heavy atom. The zero-order valence-corrected chi connectivity index (χ0v) is 16.2. The first-order valence-corrected chi connectivity index (χ1v) is 10.5. The molecule has 3 aromatic carbocycles. The SMILES string of the molecule is O[C@H]1CSc2n(-c3ccccc3)c(-c3ccccc3)c(-c3ccccc3)[n+]2C1. The van der Waals surface area contributed by atoms with Crippen LogP contribution in [0.25, 0.3) is 28.2 Å². The van der Waals surface area contributed by atoms with Crippen molar-refractivity contribution in [2.45, 2.75) is 17.8 Å². The number of aliphatic hydroxyl groups is 1. The molecule has 28 heavy (non-hydrogen) atoms. The molecule has 0 fully saturated rings. The first-order chi connectivity index (χ1) is 13.8. The molecule has 1 N–H and O–H groups in total. The third-order valence-corrected chi connectivity index (χ3v) is 6.26. The van der Waals surface area contributed by atoms with Gasteiger partial charge >= 0.3 is 5.16 Å². The Hall–Kier alpha value is -2.82. The number of para-hydroxylation sites is 1. The number of imidazole rings is 1. The molecule has 1 aliphatic rings. The van der Waals surface area contributed by atoms with Crippen molar-refractivity contribution in [1.29, 1.82) is 0 Å². The summed E-state index contributed by atoms with van der Waals surface area (Å²) in [6.45, 7) is 0.603. The normalized spacial score (nSPS) is 16.0. The molecule has 0 saturated heterocycles. The molecule has 5 rings (SSSR count). The van der Waals surface area contributed by atoms with Gasteiger partial charge in [0, 0.05) is 16.9 Å². The summed E-state index contributed by atoms with van der Waals surface area (Å²) < 4.78 is 4.62. The largest absolute Gasteiger partial charge is 0.388 e. The summed E-state index contributed by atoms with van der Waals surface area (Å²) in [5, 5.41) is 11.6. The molecule has 0 amide bonds. The van der Waals surface area contributed by atoms with Crippen molar-refractivity contribution in [2.24, 2.45) is 0 Å². The fourth-order valence-corrected chi connectivity index (χ4v) is 4.95. The average Bonchev–Trinajstić information content (AvgIpc) is 3.10. The van der Waals surface area contributed by atoms with E-state index >= 15 is 0 Å². The standard InChI is InChI=1S/C24H21N2OS/c27-21-16-25-22(18-10-4-1-5-11-18)23(19-12-6-2-7-13-19)26(24(25)28-17-21)20-14-8-3-9-15-20/h1-15,21,27H,16-17H2/q+1/t21-/m1/s1. The number of hydrogen-bond donors (Lipinski definition) is 1. The second kappa shape index (κ2) is 7.30. The molecule has 0 unspecified atom stereocenters. The Kier molecular flexibility index (Phi) is 4.51. The molecular formula is C24H21N2OS+. The summed E-state index contributed by atoms with van der Waals surface area (Å²) in [5.74, 6) is 0.708. The van der Waals surface area contributed by atoms with E-state index in [-0.39, 0.29) is 6.10 Å².